The third-order valence-corrected chi connectivity index (χ3v) is 5.41. The summed E-state index contributed by atoms with van der Waals surface area (Å²) in [5.41, 5.74) is 1.17. The third-order valence-electron chi connectivity index (χ3n) is 5.41. The van der Waals surface area contributed by atoms with Crippen LogP contribution in [0.3, 0.4) is 0 Å². The molecule has 0 aliphatic rings. The van der Waals surface area contributed by atoms with E-state index in [0.717, 1.165) is 25.7 Å². The predicted octanol–water partition coefficient (Wildman–Crippen LogP) is 6.52. The van der Waals surface area contributed by atoms with E-state index in [1.54, 1.807) is 14.2 Å². The van der Waals surface area contributed by atoms with Crippen molar-refractivity contribution in [1.29, 1.82) is 0 Å². The van der Waals surface area contributed by atoms with Gasteiger partial charge in [-0.25, -0.2) is 4.39 Å². The molecule has 0 heterocycles. The van der Waals surface area contributed by atoms with Crippen molar-refractivity contribution < 1.29 is 13.9 Å². The Morgan fingerprint density at radius 3 is 2.04 bits per heavy atom. The molecule has 0 saturated carbocycles. The zero-order valence-corrected chi connectivity index (χ0v) is 16.7. The lowest BCUT2D eigenvalue weighted by Gasteiger charge is -2.38. The molecular weight excluding hydrogens is 315 g/mol. The second-order valence-electron chi connectivity index (χ2n) is 6.99. The van der Waals surface area contributed by atoms with Gasteiger partial charge in [0.15, 0.2) is 5.79 Å². The summed E-state index contributed by atoms with van der Waals surface area (Å²) in [5, 5.41) is 0. The Hall–Kier alpha value is -0.930. The minimum absolute atomic E-state index is 0.177. The largest absolute Gasteiger partial charge is 0.353 e. The molecule has 0 amide bonds. The quantitative estimate of drug-likeness (QED) is 0.280. The van der Waals surface area contributed by atoms with Gasteiger partial charge in [0.25, 0.3) is 0 Å². The maximum Gasteiger partial charge on any atom is 0.170 e. The molecule has 0 bridgehead atoms. The third kappa shape index (κ3) is 7.45. The number of methoxy groups -OCH3 is 2. The molecule has 1 rings (SSSR count). The van der Waals surface area contributed by atoms with Crippen LogP contribution < -0.4 is 0 Å². The molecular formula is C22H37FO2. The van der Waals surface area contributed by atoms with Crippen LogP contribution in [0.5, 0.6) is 0 Å². The number of unbranched alkanes of at least 4 members (excludes halogenated alkanes) is 5. The predicted molar refractivity (Wildman–Crippen MR) is 103 cm³/mol. The van der Waals surface area contributed by atoms with Gasteiger partial charge >= 0.3 is 0 Å². The Morgan fingerprint density at radius 2 is 1.48 bits per heavy atom. The van der Waals surface area contributed by atoms with Crippen molar-refractivity contribution in [3.05, 3.63) is 35.6 Å². The standard InChI is InChI=1S/C22H37FO2/c1-5-7-8-9-10-11-12-20(22(6-2,24-3)25-4)16-13-19-14-17-21(23)18-15-19/h14-15,17-18,20H,5-13,16H2,1-4H3. The van der Waals surface area contributed by atoms with Crippen LogP contribution in [0, 0.1) is 11.7 Å². The lowest BCUT2D eigenvalue weighted by molar-refractivity contribution is -0.244. The number of aryl methyl sites for hydroxylation is 1. The minimum Gasteiger partial charge on any atom is -0.353 e. The van der Waals surface area contributed by atoms with Crippen LogP contribution in [-0.2, 0) is 15.9 Å². The molecule has 1 aromatic carbocycles. The van der Waals surface area contributed by atoms with Crippen molar-refractivity contribution in [3.63, 3.8) is 0 Å². The average Bonchev–Trinajstić information content (AvgIpc) is 2.64. The lowest BCUT2D eigenvalue weighted by atomic mass is 9.85. The number of rotatable bonds is 14. The first-order valence-corrected chi connectivity index (χ1v) is 9.96. The topological polar surface area (TPSA) is 18.5 Å². The van der Waals surface area contributed by atoms with Gasteiger partial charge in [-0.2, -0.15) is 0 Å². The van der Waals surface area contributed by atoms with Crippen molar-refractivity contribution in [3.8, 4) is 0 Å². The second kappa shape index (κ2) is 12.4. The Morgan fingerprint density at radius 1 is 0.880 bits per heavy atom. The van der Waals surface area contributed by atoms with Gasteiger partial charge in [0, 0.05) is 20.1 Å². The molecule has 0 aliphatic heterocycles. The molecule has 2 nitrogen and oxygen atoms in total. The first kappa shape index (κ1) is 22.1. The molecule has 1 atom stereocenters. The normalized spacial score (nSPS) is 13.2. The number of hydrogen-bond donors (Lipinski definition) is 0. The fourth-order valence-corrected chi connectivity index (χ4v) is 3.74. The van der Waals surface area contributed by atoms with Crippen LogP contribution in [-0.4, -0.2) is 20.0 Å². The van der Waals surface area contributed by atoms with Crippen molar-refractivity contribution in [2.24, 2.45) is 5.92 Å². The summed E-state index contributed by atoms with van der Waals surface area (Å²) in [7, 11) is 3.50. The van der Waals surface area contributed by atoms with E-state index in [0.29, 0.717) is 5.92 Å². The summed E-state index contributed by atoms with van der Waals surface area (Å²) in [5.74, 6) is -0.337. The van der Waals surface area contributed by atoms with Crippen LogP contribution in [0.25, 0.3) is 0 Å². The van der Waals surface area contributed by atoms with Crippen LogP contribution >= 0.6 is 0 Å². The fourth-order valence-electron chi connectivity index (χ4n) is 3.74. The van der Waals surface area contributed by atoms with E-state index in [9.17, 15) is 4.39 Å². The highest BCUT2D eigenvalue weighted by molar-refractivity contribution is 5.16. The monoisotopic (exact) mass is 352 g/mol. The zero-order valence-electron chi connectivity index (χ0n) is 16.7. The molecule has 144 valence electrons. The summed E-state index contributed by atoms with van der Waals surface area (Å²) < 4.78 is 24.7. The summed E-state index contributed by atoms with van der Waals surface area (Å²) >= 11 is 0. The van der Waals surface area contributed by atoms with Crippen molar-refractivity contribution in [1.82, 2.24) is 0 Å². The molecule has 0 N–H and O–H groups in total. The van der Waals surface area contributed by atoms with E-state index >= 15 is 0 Å². The molecule has 25 heavy (non-hydrogen) atoms. The summed E-state index contributed by atoms with van der Waals surface area (Å²) in [6.45, 7) is 4.37. The number of ether oxygens (including phenoxy) is 2. The molecule has 0 fully saturated rings. The van der Waals surface area contributed by atoms with Crippen LogP contribution in [0.2, 0.25) is 0 Å². The average molecular weight is 353 g/mol. The minimum atomic E-state index is -0.510. The maximum absolute atomic E-state index is 13.1. The van der Waals surface area contributed by atoms with E-state index in [2.05, 4.69) is 13.8 Å². The highest BCUT2D eigenvalue weighted by atomic mass is 19.1. The van der Waals surface area contributed by atoms with E-state index in [1.165, 1.54) is 56.2 Å². The van der Waals surface area contributed by atoms with Gasteiger partial charge < -0.3 is 9.47 Å². The highest BCUT2D eigenvalue weighted by Crippen LogP contribution is 2.34. The van der Waals surface area contributed by atoms with E-state index in [4.69, 9.17) is 9.47 Å². The first-order chi connectivity index (χ1) is 12.1. The Kier molecular flexibility index (Phi) is 11.0. The smallest absolute Gasteiger partial charge is 0.170 e. The Labute approximate surface area is 154 Å². The SMILES string of the molecule is CCCCCCCCC(CCc1ccc(F)cc1)C(CC)(OC)OC. The molecule has 0 radical (unpaired) electrons. The lowest BCUT2D eigenvalue weighted by Crippen LogP contribution is -2.41. The summed E-state index contributed by atoms with van der Waals surface area (Å²) in [6.07, 6.45) is 11.6. The fraction of sp³-hybridized carbons (Fsp3) is 0.727. The number of benzene rings is 1. The van der Waals surface area contributed by atoms with E-state index in [-0.39, 0.29) is 5.82 Å². The van der Waals surface area contributed by atoms with Crippen molar-refractivity contribution in [2.75, 3.05) is 14.2 Å². The van der Waals surface area contributed by atoms with Crippen molar-refractivity contribution >= 4 is 0 Å². The second-order valence-corrected chi connectivity index (χ2v) is 6.99. The van der Waals surface area contributed by atoms with Gasteiger partial charge in [-0.15, -0.1) is 0 Å². The summed E-state index contributed by atoms with van der Waals surface area (Å²) in [6, 6.07) is 6.84. The van der Waals surface area contributed by atoms with Crippen LogP contribution in [0.4, 0.5) is 4.39 Å². The van der Waals surface area contributed by atoms with Gasteiger partial charge in [0.1, 0.15) is 5.82 Å². The highest BCUT2D eigenvalue weighted by Gasteiger charge is 2.36. The van der Waals surface area contributed by atoms with Gasteiger partial charge in [-0.1, -0.05) is 64.5 Å². The molecule has 0 saturated heterocycles. The molecule has 3 heteroatoms. The molecule has 0 spiro atoms. The van der Waals surface area contributed by atoms with Gasteiger partial charge in [-0.05, 0) is 43.4 Å². The first-order valence-electron chi connectivity index (χ1n) is 9.96. The molecule has 0 aliphatic carbocycles. The maximum atomic E-state index is 13.1. The molecule has 1 unspecified atom stereocenters. The van der Waals surface area contributed by atoms with Gasteiger partial charge in [0.2, 0.25) is 0 Å². The number of hydrogen-bond acceptors (Lipinski definition) is 2. The van der Waals surface area contributed by atoms with Crippen LogP contribution in [0.15, 0.2) is 24.3 Å². The summed E-state index contributed by atoms with van der Waals surface area (Å²) in [4.78, 5) is 0. The zero-order chi connectivity index (χ0) is 18.5. The Balaban J connectivity index is 2.61. The van der Waals surface area contributed by atoms with Crippen molar-refractivity contribution in [2.45, 2.75) is 83.8 Å². The van der Waals surface area contributed by atoms with Gasteiger partial charge in [0.05, 0.1) is 0 Å². The van der Waals surface area contributed by atoms with E-state index in [1.807, 2.05) is 12.1 Å². The van der Waals surface area contributed by atoms with E-state index < -0.39 is 5.79 Å². The van der Waals surface area contributed by atoms with Gasteiger partial charge in [-0.3, -0.25) is 0 Å². The number of halogens is 1. The Bertz CT molecular complexity index is 432. The molecule has 0 aromatic heterocycles. The van der Waals surface area contributed by atoms with Crippen LogP contribution in [0.1, 0.15) is 77.2 Å². The molecule has 1 aromatic rings.